The Morgan fingerprint density at radius 2 is 1.70 bits per heavy atom. The van der Waals surface area contributed by atoms with Crippen LogP contribution in [0.3, 0.4) is 0 Å². The van der Waals surface area contributed by atoms with Gasteiger partial charge in [0.05, 0.1) is 35.2 Å². The molecule has 0 saturated carbocycles. The lowest BCUT2D eigenvalue weighted by Gasteiger charge is -2.24. The molecular weight excluding hydrogens is 566 g/mol. The van der Waals surface area contributed by atoms with Gasteiger partial charge in [-0.25, -0.2) is 9.79 Å². The van der Waals surface area contributed by atoms with Gasteiger partial charge in [0.25, 0.3) is 11.5 Å². The second-order valence-electron chi connectivity index (χ2n) is 10.5. The third-order valence-electron chi connectivity index (χ3n) is 7.59. The number of unbranched alkanes of at least 4 members (excludes halogenated alkanes) is 4. The van der Waals surface area contributed by atoms with Crippen molar-refractivity contribution in [2.45, 2.75) is 65.8 Å². The van der Waals surface area contributed by atoms with Crippen LogP contribution in [0.15, 0.2) is 69.6 Å². The van der Waals surface area contributed by atoms with E-state index < -0.39 is 23.5 Å². The number of anilines is 1. The monoisotopic (exact) mass is 601 g/mol. The van der Waals surface area contributed by atoms with Gasteiger partial charge in [-0.2, -0.15) is 0 Å². The van der Waals surface area contributed by atoms with Crippen molar-refractivity contribution in [3.05, 3.63) is 90.6 Å². The van der Waals surface area contributed by atoms with Crippen LogP contribution in [-0.4, -0.2) is 35.6 Å². The smallest absolute Gasteiger partial charge is 0.338 e. The zero-order chi connectivity index (χ0) is 30.7. The molecule has 2 aliphatic rings. The Bertz CT molecular complexity index is 1780. The van der Waals surface area contributed by atoms with E-state index in [1.54, 1.807) is 43.0 Å². The van der Waals surface area contributed by atoms with Gasteiger partial charge in [-0.1, -0.05) is 74.3 Å². The number of thiazole rings is 1. The van der Waals surface area contributed by atoms with Gasteiger partial charge in [-0.3, -0.25) is 19.0 Å². The zero-order valence-electron chi connectivity index (χ0n) is 24.8. The van der Waals surface area contributed by atoms with Crippen LogP contribution >= 0.6 is 11.3 Å². The molecule has 3 aromatic rings. The van der Waals surface area contributed by atoms with Crippen molar-refractivity contribution < 1.29 is 23.9 Å². The number of carbonyl (C=O) groups is 3. The number of ether oxygens (including phenoxy) is 2. The van der Waals surface area contributed by atoms with Gasteiger partial charge < -0.3 is 14.4 Å². The van der Waals surface area contributed by atoms with Gasteiger partial charge in [0.2, 0.25) is 0 Å². The Morgan fingerprint density at radius 1 is 0.977 bits per heavy atom. The fraction of sp³-hybridized carbons (Fsp3) is 0.364. The van der Waals surface area contributed by atoms with E-state index in [1.165, 1.54) is 11.5 Å². The third-order valence-corrected chi connectivity index (χ3v) is 8.64. The molecule has 0 radical (unpaired) electrons. The number of fused-ring (bicyclic) bond motifs is 2. The van der Waals surface area contributed by atoms with Crippen LogP contribution < -0.4 is 24.5 Å². The molecule has 224 valence electrons. The highest BCUT2D eigenvalue weighted by atomic mass is 32.1. The van der Waals surface area contributed by atoms with Crippen molar-refractivity contribution in [3.8, 4) is 5.75 Å². The molecule has 0 aliphatic carbocycles. The number of aromatic nitrogens is 1. The molecule has 0 fully saturated rings. The van der Waals surface area contributed by atoms with E-state index >= 15 is 0 Å². The number of amides is 1. The van der Waals surface area contributed by atoms with Gasteiger partial charge in [0, 0.05) is 19.0 Å². The number of nitrogens with zero attached hydrogens (tertiary/aromatic N) is 3. The summed E-state index contributed by atoms with van der Waals surface area (Å²) in [5.74, 6) is -0.897. The first-order valence-electron chi connectivity index (χ1n) is 14.7. The fourth-order valence-electron chi connectivity index (χ4n) is 5.64. The molecule has 0 saturated heterocycles. The van der Waals surface area contributed by atoms with Gasteiger partial charge in [-0.05, 0) is 44.0 Å². The van der Waals surface area contributed by atoms with Gasteiger partial charge in [-0.15, -0.1) is 0 Å². The second-order valence-corrected chi connectivity index (χ2v) is 11.5. The predicted octanol–water partition coefficient (Wildman–Crippen LogP) is 4.41. The van der Waals surface area contributed by atoms with Crippen molar-refractivity contribution in [2.75, 3.05) is 18.1 Å². The first kappa shape index (κ1) is 30.2. The van der Waals surface area contributed by atoms with Gasteiger partial charge >= 0.3 is 11.9 Å². The SMILES string of the molecule is CCCCCCCN1C(=O)/C(=c2\sc3n(c2=O)[C@@H](c2ccc(OC(C)=O)cc2)C(C(=O)OCC)=C(C)N=3)c2ccccc21. The maximum atomic E-state index is 14.3. The Kier molecular flexibility index (Phi) is 9.05. The maximum absolute atomic E-state index is 14.3. The van der Waals surface area contributed by atoms with Crippen molar-refractivity contribution in [1.82, 2.24) is 4.57 Å². The number of benzene rings is 2. The van der Waals surface area contributed by atoms with Crippen molar-refractivity contribution in [3.63, 3.8) is 0 Å². The van der Waals surface area contributed by atoms with E-state index in [0.29, 0.717) is 33.9 Å². The number of para-hydroxylation sites is 1. The number of allylic oxidation sites excluding steroid dienone is 1. The van der Waals surface area contributed by atoms with Crippen LogP contribution in [0.1, 0.15) is 77.0 Å². The minimum absolute atomic E-state index is 0.155. The molecule has 1 atom stereocenters. The Hall–Kier alpha value is -4.31. The molecule has 3 heterocycles. The molecule has 2 aromatic carbocycles. The van der Waals surface area contributed by atoms with Crippen molar-refractivity contribution in [1.29, 1.82) is 0 Å². The van der Waals surface area contributed by atoms with Gasteiger partial charge in [0.15, 0.2) is 4.80 Å². The summed E-state index contributed by atoms with van der Waals surface area (Å²) < 4.78 is 12.3. The average molecular weight is 602 g/mol. The quantitative estimate of drug-likeness (QED) is 0.194. The minimum Gasteiger partial charge on any atom is -0.463 e. The molecule has 2 aliphatic heterocycles. The summed E-state index contributed by atoms with van der Waals surface area (Å²) in [5.41, 5.74) is 2.73. The van der Waals surface area contributed by atoms with Gasteiger partial charge in [0.1, 0.15) is 10.3 Å². The highest BCUT2D eigenvalue weighted by Gasteiger charge is 2.37. The minimum atomic E-state index is -0.850. The first-order chi connectivity index (χ1) is 20.8. The summed E-state index contributed by atoms with van der Waals surface area (Å²) in [6.45, 7) is 7.64. The molecule has 5 rings (SSSR count). The number of hydrogen-bond donors (Lipinski definition) is 0. The molecular formula is C33H35N3O6S. The Morgan fingerprint density at radius 3 is 2.40 bits per heavy atom. The van der Waals surface area contributed by atoms with Crippen LogP contribution in [0.25, 0.3) is 5.57 Å². The highest BCUT2D eigenvalue weighted by molar-refractivity contribution is 7.07. The largest absolute Gasteiger partial charge is 0.463 e. The second kappa shape index (κ2) is 12.9. The molecule has 0 unspecified atom stereocenters. The predicted molar refractivity (Wildman–Crippen MR) is 165 cm³/mol. The number of carbonyl (C=O) groups excluding carboxylic acids is 3. The molecule has 43 heavy (non-hydrogen) atoms. The number of hydrogen-bond acceptors (Lipinski definition) is 8. The average Bonchev–Trinajstić information content (AvgIpc) is 3.44. The van der Waals surface area contributed by atoms with E-state index in [-0.39, 0.29) is 22.6 Å². The highest BCUT2D eigenvalue weighted by Crippen LogP contribution is 2.36. The summed E-state index contributed by atoms with van der Waals surface area (Å²) in [6.07, 6.45) is 5.34. The summed E-state index contributed by atoms with van der Waals surface area (Å²) in [7, 11) is 0. The van der Waals surface area contributed by atoms with Crippen molar-refractivity contribution >= 4 is 40.4 Å². The summed E-state index contributed by atoms with van der Waals surface area (Å²) in [4.78, 5) is 59.7. The molecule has 10 heteroatoms. The van der Waals surface area contributed by atoms with E-state index in [4.69, 9.17) is 9.47 Å². The lowest BCUT2D eigenvalue weighted by molar-refractivity contribution is -0.139. The molecule has 1 amide bonds. The summed E-state index contributed by atoms with van der Waals surface area (Å²) >= 11 is 1.15. The molecule has 0 spiro atoms. The Balaban J connectivity index is 1.65. The van der Waals surface area contributed by atoms with Crippen LogP contribution in [0.2, 0.25) is 0 Å². The first-order valence-corrected chi connectivity index (χ1v) is 15.5. The normalized spacial score (nSPS) is 17.0. The van der Waals surface area contributed by atoms with Crippen LogP contribution in [-0.2, 0) is 19.1 Å². The molecule has 1 aromatic heterocycles. The molecule has 0 bridgehead atoms. The topological polar surface area (TPSA) is 107 Å². The van der Waals surface area contributed by atoms with E-state index in [0.717, 1.165) is 54.7 Å². The number of esters is 2. The van der Waals surface area contributed by atoms with E-state index in [2.05, 4.69) is 11.9 Å². The van der Waals surface area contributed by atoms with Crippen LogP contribution in [0.5, 0.6) is 5.75 Å². The standard InChI is InChI=1S/C33H35N3O6S/c1-5-7-8-9-12-19-35-25-14-11-10-13-24(25)27(30(35)38)29-31(39)36-28(22-15-17-23(18-16-22)42-21(4)37)26(32(40)41-6-2)20(3)34-33(36)43-29/h10-11,13-18,28H,5-9,12,19H2,1-4H3/b29-27-/t28-/m0/s1. The lowest BCUT2D eigenvalue weighted by Crippen LogP contribution is -2.41. The van der Waals surface area contributed by atoms with Crippen LogP contribution in [0.4, 0.5) is 5.69 Å². The van der Waals surface area contributed by atoms with E-state index in [9.17, 15) is 19.2 Å². The van der Waals surface area contributed by atoms with E-state index in [1.807, 2.05) is 24.3 Å². The third kappa shape index (κ3) is 5.84. The van der Waals surface area contributed by atoms with Crippen LogP contribution in [0, 0.1) is 0 Å². The zero-order valence-corrected chi connectivity index (χ0v) is 25.7. The fourth-order valence-corrected chi connectivity index (χ4v) is 6.77. The lowest BCUT2D eigenvalue weighted by atomic mass is 9.96. The number of rotatable bonds is 10. The maximum Gasteiger partial charge on any atom is 0.338 e. The summed E-state index contributed by atoms with van der Waals surface area (Å²) in [6, 6.07) is 13.3. The summed E-state index contributed by atoms with van der Waals surface area (Å²) in [5, 5.41) is 0. The Labute approximate surface area is 253 Å². The van der Waals surface area contributed by atoms with Crippen molar-refractivity contribution in [2.24, 2.45) is 4.99 Å². The molecule has 9 nitrogen and oxygen atoms in total. The molecule has 0 N–H and O–H groups in total.